The molecule has 6 nitrogen and oxygen atoms in total. The first-order valence-corrected chi connectivity index (χ1v) is 14.1. The summed E-state index contributed by atoms with van der Waals surface area (Å²) in [4.78, 5) is 28.0. The molecule has 3 aromatic rings. The maximum Gasteiger partial charge on any atom is 0.412 e. The number of halogens is 3. The summed E-state index contributed by atoms with van der Waals surface area (Å²) in [6.45, 7) is 2.10. The SMILES string of the molecule is CCCCc1c(N2CCC(NC(=O)Oc3ccccc3)CC2)ccc2c1C(C(=O)NCC(F)(F)F)c1ccccc1-2. The van der Waals surface area contributed by atoms with Gasteiger partial charge in [-0.3, -0.25) is 4.79 Å². The Labute approximate surface area is 237 Å². The lowest BCUT2D eigenvalue weighted by molar-refractivity contribution is -0.138. The summed E-state index contributed by atoms with van der Waals surface area (Å²) >= 11 is 0. The minimum Gasteiger partial charge on any atom is -0.410 e. The van der Waals surface area contributed by atoms with Crippen molar-refractivity contribution in [3.63, 3.8) is 0 Å². The van der Waals surface area contributed by atoms with Crippen LogP contribution in [0.2, 0.25) is 0 Å². The van der Waals surface area contributed by atoms with Crippen molar-refractivity contribution in [2.75, 3.05) is 24.5 Å². The van der Waals surface area contributed by atoms with E-state index in [-0.39, 0.29) is 6.04 Å². The molecule has 2 amide bonds. The van der Waals surface area contributed by atoms with Crippen LogP contribution in [-0.4, -0.2) is 43.9 Å². The van der Waals surface area contributed by atoms with E-state index in [0.29, 0.717) is 38.1 Å². The quantitative estimate of drug-likeness (QED) is 0.324. The van der Waals surface area contributed by atoms with Gasteiger partial charge in [0, 0.05) is 24.8 Å². The van der Waals surface area contributed by atoms with E-state index in [1.807, 2.05) is 36.4 Å². The van der Waals surface area contributed by atoms with Gasteiger partial charge in [-0.15, -0.1) is 0 Å². The minimum atomic E-state index is -4.49. The van der Waals surface area contributed by atoms with Gasteiger partial charge in [-0.05, 0) is 71.7 Å². The van der Waals surface area contributed by atoms with E-state index in [2.05, 4.69) is 28.5 Å². The Bertz CT molecular complexity index is 1390. The van der Waals surface area contributed by atoms with Gasteiger partial charge in [-0.1, -0.05) is 61.9 Å². The van der Waals surface area contributed by atoms with E-state index in [0.717, 1.165) is 46.3 Å². The predicted molar refractivity (Wildman–Crippen MR) is 152 cm³/mol. The number of benzene rings is 3. The van der Waals surface area contributed by atoms with E-state index in [9.17, 15) is 22.8 Å². The van der Waals surface area contributed by atoms with Crippen molar-refractivity contribution in [2.45, 2.75) is 57.2 Å². The average molecular weight is 566 g/mol. The number of para-hydroxylation sites is 1. The summed E-state index contributed by atoms with van der Waals surface area (Å²) in [7, 11) is 0. The second-order valence-corrected chi connectivity index (χ2v) is 10.6. The number of piperidine rings is 1. The minimum absolute atomic E-state index is 0.0406. The van der Waals surface area contributed by atoms with Gasteiger partial charge < -0.3 is 20.3 Å². The molecular weight excluding hydrogens is 531 g/mol. The topological polar surface area (TPSA) is 70.7 Å². The zero-order chi connectivity index (χ0) is 29.0. The molecule has 1 saturated heterocycles. The molecular formula is C32H34F3N3O3. The standard InChI is InChI=1S/C32H34F3N3O3/c1-2-3-11-26-27(38-18-16-21(17-19-38)37-31(40)41-22-9-5-4-6-10-22)15-14-25-23-12-7-8-13-24(23)29(28(25)26)30(39)36-20-32(33,34)35/h4-10,12-15,21,29H,2-3,11,16-20H2,1H3,(H,36,39)(H,37,40). The van der Waals surface area contributed by atoms with Crippen molar-refractivity contribution in [2.24, 2.45) is 0 Å². The average Bonchev–Trinajstić information content (AvgIpc) is 3.30. The van der Waals surface area contributed by atoms with E-state index in [4.69, 9.17) is 4.74 Å². The molecule has 5 rings (SSSR count). The third-order valence-electron chi connectivity index (χ3n) is 7.80. The summed E-state index contributed by atoms with van der Waals surface area (Å²) in [6, 6.07) is 20.4. The molecule has 3 aromatic carbocycles. The molecule has 41 heavy (non-hydrogen) atoms. The van der Waals surface area contributed by atoms with Gasteiger partial charge in [-0.25, -0.2) is 4.79 Å². The van der Waals surface area contributed by atoms with Crippen LogP contribution in [0.25, 0.3) is 11.1 Å². The van der Waals surface area contributed by atoms with Crippen LogP contribution in [0.1, 0.15) is 55.2 Å². The number of nitrogens with zero attached hydrogens (tertiary/aromatic N) is 1. The molecule has 1 heterocycles. The third-order valence-corrected chi connectivity index (χ3v) is 7.80. The largest absolute Gasteiger partial charge is 0.412 e. The smallest absolute Gasteiger partial charge is 0.410 e. The van der Waals surface area contributed by atoms with Crippen molar-refractivity contribution in [3.05, 3.63) is 83.4 Å². The number of nitrogens with one attached hydrogen (secondary N) is 2. The number of unbranched alkanes of at least 4 members (excludes halogenated alkanes) is 1. The zero-order valence-corrected chi connectivity index (χ0v) is 23.0. The maximum absolute atomic E-state index is 13.3. The molecule has 1 aliphatic heterocycles. The van der Waals surface area contributed by atoms with E-state index >= 15 is 0 Å². The van der Waals surface area contributed by atoms with Gasteiger partial charge in [0.1, 0.15) is 12.3 Å². The van der Waals surface area contributed by atoms with Crippen molar-refractivity contribution in [1.82, 2.24) is 10.6 Å². The molecule has 1 fully saturated rings. The van der Waals surface area contributed by atoms with Crippen LogP contribution in [0.4, 0.5) is 23.7 Å². The number of alkyl halides is 3. The van der Waals surface area contributed by atoms with Crippen LogP contribution in [0.15, 0.2) is 66.7 Å². The van der Waals surface area contributed by atoms with Gasteiger partial charge in [0.2, 0.25) is 5.91 Å². The zero-order valence-electron chi connectivity index (χ0n) is 23.0. The Morgan fingerprint density at radius 2 is 1.66 bits per heavy atom. The molecule has 1 aliphatic carbocycles. The number of carbonyl (C=O) groups excluding carboxylic acids is 2. The van der Waals surface area contributed by atoms with E-state index in [1.54, 1.807) is 24.3 Å². The van der Waals surface area contributed by atoms with Crippen molar-refractivity contribution in [1.29, 1.82) is 0 Å². The number of anilines is 1. The highest BCUT2D eigenvalue weighted by molar-refractivity contribution is 5.98. The Morgan fingerprint density at radius 3 is 2.37 bits per heavy atom. The number of ether oxygens (including phenoxy) is 1. The fourth-order valence-corrected chi connectivity index (χ4v) is 5.90. The molecule has 216 valence electrons. The lowest BCUT2D eigenvalue weighted by atomic mass is 9.88. The summed E-state index contributed by atoms with van der Waals surface area (Å²) in [5, 5.41) is 5.10. The molecule has 1 atom stereocenters. The van der Waals surface area contributed by atoms with Crippen LogP contribution in [0.3, 0.4) is 0 Å². The normalized spacial score (nSPS) is 16.6. The monoisotopic (exact) mass is 565 g/mol. The van der Waals surface area contributed by atoms with Gasteiger partial charge in [0.05, 0.1) is 5.92 Å². The molecule has 0 saturated carbocycles. The van der Waals surface area contributed by atoms with Crippen LogP contribution in [-0.2, 0) is 11.2 Å². The fraction of sp³-hybridized carbons (Fsp3) is 0.375. The summed E-state index contributed by atoms with van der Waals surface area (Å²) in [5.41, 5.74) is 5.36. The van der Waals surface area contributed by atoms with Gasteiger partial charge in [-0.2, -0.15) is 13.2 Å². The Hall–Kier alpha value is -4.01. The highest BCUT2D eigenvalue weighted by Gasteiger charge is 2.39. The Morgan fingerprint density at radius 1 is 0.951 bits per heavy atom. The van der Waals surface area contributed by atoms with Crippen molar-refractivity contribution < 1.29 is 27.5 Å². The first-order chi connectivity index (χ1) is 19.7. The van der Waals surface area contributed by atoms with Gasteiger partial charge >= 0.3 is 12.3 Å². The lowest BCUT2D eigenvalue weighted by Crippen LogP contribution is -2.45. The number of hydrogen-bond donors (Lipinski definition) is 2. The molecule has 0 radical (unpaired) electrons. The van der Waals surface area contributed by atoms with Crippen LogP contribution >= 0.6 is 0 Å². The van der Waals surface area contributed by atoms with Crippen LogP contribution in [0.5, 0.6) is 5.75 Å². The van der Waals surface area contributed by atoms with Crippen molar-refractivity contribution >= 4 is 17.7 Å². The Balaban J connectivity index is 1.38. The number of amides is 2. The highest BCUT2D eigenvalue weighted by Crippen LogP contribution is 2.49. The predicted octanol–water partition coefficient (Wildman–Crippen LogP) is 6.58. The molecule has 1 unspecified atom stereocenters. The number of fused-ring (bicyclic) bond motifs is 3. The third kappa shape index (κ3) is 6.50. The fourth-order valence-electron chi connectivity index (χ4n) is 5.90. The van der Waals surface area contributed by atoms with Gasteiger partial charge in [0.15, 0.2) is 0 Å². The van der Waals surface area contributed by atoms with Crippen LogP contribution < -0.4 is 20.3 Å². The number of rotatable bonds is 8. The molecule has 0 spiro atoms. The maximum atomic E-state index is 13.3. The molecule has 0 aromatic heterocycles. The second-order valence-electron chi connectivity index (χ2n) is 10.6. The number of hydrogen-bond acceptors (Lipinski definition) is 4. The summed E-state index contributed by atoms with van der Waals surface area (Å²) in [5.74, 6) is -0.957. The number of carbonyl (C=O) groups is 2. The van der Waals surface area contributed by atoms with Gasteiger partial charge in [0.25, 0.3) is 0 Å². The molecule has 2 N–H and O–H groups in total. The first kappa shape index (κ1) is 28.5. The van der Waals surface area contributed by atoms with E-state index < -0.39 is 30.6 Å². The second kappa shape index (κ2) is 12.2. The molecule has 2 aliphatic rings. The molecule has 9 heteroatoms. The Kier molecular flexibility index (Phi) is 8.52. The molecule has 0 bridgehead atoms. The summed E-state index contributed by atoms with van der Waals surface area (Å²) in [6.07, 6.45) is -1.01. The lowest BCUT2D eigenvalue weighted by Gasteiger charge is -2.36. The summed E-state index contributed by atoms with van der Waals surface area (Å²) < 4.78 is 44.4. The van der Waals surface area contributed by atoms with Crippen molar-refractivity contribution in [3.8, 4) is 16.9 Å². The highest BCUT2D eigenvalue weighted by atomic mass is 19.4. The first-order valence-electron chi connectivity index (χ1n) is 14.1. The van der Waals surface area contributed by atoms with E-state index in [1.165, 1.54) is 0 Å². The van der Waals surface area contributed by atoms with Crippen LogP contribution in [0, 0.1) is 0 Å².